The molecule has 0 saturated carbocycles. The fourth-order valence-electron chi connectivity index (χ4n) is 2.25. The Morgan fingerprint density at radius 3 is 2.43 bits per heavy atom. The van der Waals surface area contributed by atoms with Crippen LogP contribution in [0.25, 0.3) is 0 Å². The fourth-order valence-corrected chi connectivity index (χ4v) is 2.25. The summed E-state index contributed by atoms with van der Waals surface area (Å²) in [5.74, 6) is -3.07. The molecule has 2 aromatic rings. The molecule has 28 heavy (non-hydrogen) atoms. The van der Waals surface area contributed by atoms with Gasteiger partial charge in [0.15, 0.2) is 6.10 Å². The van der Waals surface area contributed by atoms with Gasteiger partial charge in [0.2, 0.25) is 11.7 Å². The van der Waals surface area contributed by atoms with Crippen molar-refractivity contribution in [3.05, 3.63) is 57.8 Å². The quantitative estimate of drug-likeness (QED) is 0.436. The van der Waals surface area contributed by atoms with Gasteiger partial charge in [-0.3, -0.25) is 19.7 Å². The minimum atomic E-state index is -1.21. The summed E-state index contributed by atoms with van der Waals surface area (Å²) in [6.45, 7) is 2.99. The summed E-state index contributed by atoms with van der Waals surface area (Å²) < 4.78 is 9.67. The van der Waals surface area contributed by atoms with E-state index in [2.05, 4.69) is 5.32 Å². The average molecular weight is 389 g/mol. The third-order valence-corrected chi connectivity index (χ3v) is 3.70. The molecule has 0 bridgehead atoms. The zero-order chi connectivity index (χ0) is 20.8. The molecule has 2 rings (SSSR count). The van der Waals surface area contributed by atoms with Crippen molar-refractivity contribution in [2.45, 2.75) is 20.0 Å². The predicted octanol–water partition coefficient (Wildman–Crippen LogP) is 2.14. The van der Waals surface area contributed by atoms with Gasteiger partial charge in [0, 0.05) is 12.7 Å². The number of aryl methyl sites for hydroxylation is 1. The largest absolute Gasteiger partial charge is 0.447 e. The standard InChI is InChI=1S/C18H19N3O7/c1-11-4-6-13(7-5-11)19-15(22)10-20(3)17(23)12(2)27-18(24)14-8-9-16(28-14)21(25)26/h4-9,12H,10H2,1-3H3,(H,19,22)/t12-/m0/s1. The molecule has 0 aliphatic rings. The molecule has 0 spiro atoms. The topological polar surface area (TPSA) is 132 Å². The zero-order valence-corrected chi connectivity index (χ0v) is 15.5. The minimum absolute atomic E-state index is 0.249. The lowest BCUT2D eigenvalue weighted by atomic mass is 10.2. The second kappa shape index (κ2) is 8.80. The highest BCUT2D eigenvalue weighted by Gasteiger charge is 2.26. The van der Waals surface area contributed by atoms with Gasteiger partial charge in [0.25, 0.3) is 5.91 Å². The molecule has 2 amide bonds. The molecule has 1 aromatic carbocycles. The van der Waals surface area contributed by atoms with E-state index < -0.39 is 40.5 Å². The van der Waals surface area contributed by atoms with Crippen LogP contribution in [0, 0.1) is 17.0 Å². The number of carbonyl (C=O) groups excluding carboxylic acids is 3. The lowest BCUT2D eigenvalue weighted by Gasteiger charge is -2.20. The number of esters is 1. The highest BCUT2D eigenvalue weighted by molar-refractivity contribution is 5.95. The van der Waals surface area contributed by atoms with Gasteiger partial charge in [-0.15, -0.1) is 0 Å². The van der Waals surface area contributed by atoms with Gasteiger partial charge in [0.05, 0.1) is 12.6 Å². The van der Waals surface area contributed by atoms with Gasteiger partial charge in [-0.2, -0.15) is 0 Å². The number of rotatable bonds is 7. The van der Waals surface area contributed by atoms with Crippen molar-refractivity contribution in [3.63, 3.8) is 0 Å². The first-order valence-corrected chi connectivity index (χ1v) is 8.24. The Bertz CT molecular complexity index is 889. The van der Waals surface area contributed by atoms with Crippen molar-refractivity contribution >= 4 is 29.4 Å². The van der Waals surface area contributed by atoms with Crippen molar-refractivity contribution in [2.75, 3.05) is 18.9 Å². The fraction of sp³-hybridized carbons (Fsp3) is 0.278. The minimum Gasteiger partial charge on any atom is -0.447 e. The summed E-state index contributed by atoms with van der Waals surface area (Å²) >= 11 is 0. The molecule has 1 atom stereocenters. The van der Waals surface area contributed by atoms with Gasteiger partial charge >= 0.3 is 11.9 Å². The third-order valence-electron chi connectivity index (χ3n) is 3.70. The van der Waals surface area contributed by atoms with Crippen LogP contribution in [0.4, 0.5) is 11.6 Å². The van der Waals surface area contributed by atoms with Crippen molar-refractivity contribution in [1.82, 2.24) is 4.90 Å². The average Bonchev–Trinajstić information content (AvgIpc) is 3.13. The van der Waals surface area contributed by atoms with E-state index in [0.29, 0.717) is 5.69 Å². The SMILES string of the molecule is Cc1ccc(NC(=O)CN(C)C(=O)[C@H](C)OC(=O)c2ccc([N+](=O)[O-])o2)cc1. The number of ether oxygens (including phenoxy) is 1. The number of carbonyl (C=O) groups is 3. The molecule has 148 valence electrons. The van der Waals surface area contributed by atoms with Crippen molar-refractivity contribution in [1.29, 1.82) is 0 Å². The van der Waals surface area contributed by atoms with Gasteiger partial charge < -0.3 is 19.4 Å². The van der Waals surface area contributed by atoms with Crippen molar-refractivity contribution < 1.29 is 28.5 Å². The number of hydrogen-bond donors (Lipinski definition) is 1. The summed E-state index contributed by atoms with van der Waals surface area (Å²) in [5.41, 5.74) is 1.64. The smallest absolute Gasteiger partial charge is 0.433 e. The summed E-state index contributed by atoms with van der Waals surface area (Å²) in [7, 11) is 1.39. The van der Waals surface area contributed by atoms with Crippen molar-refractivity contribution in [2.24, 2.45) is 0 Å². The van der Waals surface area contributed by atoms with Gasteiger partial charge in [0.1, 0.15) is 4.92 Å². The third kappa shape index (κ3) is 5.40. The summed E-state index contributed by atoms with van der Waals surface area (Å²) in [4.78, 5) is 47.1. The maximum absolute atomic E-state index is 12.3. The first kappa shape index (κ1) is 20.6. The van der Waals surface area contributed by atoms with Gasteiger partial charge in [-0.05, 0) is 32.0 Å². The molecular formula is C18H19N3O7. The van der Waals surface area contributed by atoms with E-state index >= 15 is 0 Å². The van der Waals surface area contributed by atoms with E-state index in [0.717, 1.165) is 22.6 Å². The number of nitro groups is 1. The Morgan fingerprint density at radius 2 is 1.86 bits per heavy atom. The normalized spacial score (nSPS) is 11.4. The molecule has 0 aliphatic carbocycles. The number of nitrogens with zero attached hydrogens (tertiary/aromatic N) is 2. The predicted molar refractivity (Wildman–Crippen MR) is 97.7 cm³/mol. The van der Waals surface area contributed by atoms with E-state index in [-0.39, 0.29) is 6.54 Å². The van der Waals surface area contributed by atoms with E-state index in [1.165, 1.54) is 14.0 Å². The van der Waals surface area contributed by atoms with Crippen LogP contribution in [0.2, 0.25) is 0 Å². The Balaban J connectivity index is 1.88. The van der Waals surface area contributed by atoms with Crippen LogP contribution in [0.3, 0.4) is 0 Å². The van der Waals surface area contributed by atoms with E-state index in [1.54, 1.807) is 12.1 Å². The molecular weight excluding hydrogens is 370 g/mol. The van der Waals surface area contributed by atoms with E-state index in [4.69, 9.17) is 9.15 Å². The molecule has 0 saturated heterocycles. The lowest BCUT2D eigenvalue weighted by molar-refractivity contribution is -0.402. The lowest BCUT2D eigenvalue weighted by Crippen LogP contribution is -2.41. The highest BCUT2D eigenvalue weighted by Crippen LogP contribution is 2.17. The zero-order valence-electron chi connectivity index (χ0n) is 15.5. The molecule has 1 heterocycles. The first-order valence-electron chi connectivity index (χ1n) is 8.24. The van der Waals surface area contributed by atoms with Crippen LogP contribution >= 0.6 is 0 Å². The monoisotopic (exact) mass is 389 g/mol. The van der Waals surface area contributed by atoms with Gasteiger partial charge in [-0.1, -0.05) is 17.7 Å². The van der Waals surface area contributed by atoms with E-state index in [1.807, 2.05) is 19.1 Å². The maximum Gasteiger partial charge on any atom is 0.433 e. The van der Waals surface area contributed by atoms with E-state index in [9.17, 15) is 24.5 Å². The molecule has 10 heteroatoms. The number of amides is 2. The summed E-state index contributed by atoms with van der Waals surface area (Å²) in [6, 6.07) is 9.24. The Hall–Kier alpha value is -3.69. The van der Waals surface area contributed by atoms with Crippen molar-refractivity contribution in [3.8, 4) is 0 Å². The van der Waals surface area contributed by atoms with Gasteiger partial charge in [-0.25, -0.2) is 4.79 Å². The molecule has 0 aliphatic heterocycles. The Morgan fingerprint density at radius 1 is 1.21 bits per heavy atom. The van der Waals surface area contributed by atoms with Crippen LogP contribution in [0.1, 0.15) is 23.0 Å². The Labute approximate surface area is 160 Å². The molecule has 1 N–H and O–H groups in total. The molecule has 1 aromatic heterocycles. The number of nitrogens with one attached hydrogen (secondary N) is 1. The number of hydrogen-bond acceptors (Lipinski definition) is 7. The summed E-state index contributed by atoms with van der Waals surface area (Å²) in [6.07, 6.45) is -1.21. The van der Waals surface area contributed by atoms with Crippen LogP contribution in [-0.2, 0) is 14.3 Å². The number of furan rings is 1. The van der Waals surface area contributed by atoms with Crippen LogP contribution in [-0.4, -0.2) is 47.3 Å². The molecule has 10 nitrogen and oxygen atoms in total. The highest BCUT2D eigenvalue weighted by atomic mass is 16.7. The second-order valence-corrected chi connectivity index (χ2v) is 6.05. The Kier molecular flexibility index (Phi) is 6.48. The van der Waals surface area contributed by atoms with Crippen LogP contribution in [0.15, 0.2) is 40.8 Å². The molecule has 0 radical (unpaired) electrons. The first-order chi connectivity index (χ1) is 13.2. The number of anilines is 1. The van der Waals surface area contributed by atoms with Crippen LogP contribution in [0.5, 0.6) is 0 Å². The van der Waals surface area contributed by atoms with Crippen LogP contribution < -0.4 is 5.32 Å². The maximum atomic E-state index is 12.3. The molecule has 0 unspecified atom stereocenters. The second-order valence-electron chi connectivity index (χ2n) is 6.05. The summed E-state index contributed by atoms with van der Waals surface area (Å²) in [5, 5.41) is 13.2. The number of benzene rings is 1. The number of likely N-dealkylation sites (N-methyl/N-ethyl adjacent to an activating group) is 1. The molecule has 0 fully saturated rings.